The number of hydrogen-bond donors (Lipinski definition) is 1. The van der Waals surface area contributed by atoms with Crippen molar-refractivity contribution in [3.8, 4) is 0 Å². The van der Waals surface area contributed by atoms with Crippen LogP contribution in [0, 0.1) is 0 Å². The first-order chi connectivity index (χ1) is 9.58. The Labute approximate surface area is 132 Å². The molecule has 1 heterocycles. The van der Waals surface area contributed by atoms with Crippen molar-refractivity contribution in [2.45, 2.75) is 58.2 Å². The van der Waals surface area contributed by atoms with Gasteiger partial charge < -0.3 is 5.32 Å². The van der Waals surface area contributed by atoms with Gasteiger partial charge in [-0.3, -0.25) is 4.90 Å². The fourth-order valence-electron chi connectivity index (χ4n) is 3.11. The van der Waals surface area contributed by atoms with Crippen LogP contribution in [0.3, 0.4) is 0 Å². The zero-order valence-electron chi connectivity index (χ0n) is 12.9. The zero-order valence-corrected chi connectivity index (χ0v) is 14.5. The minimum atomic E-state index is 0.455. The monoisotopic (exact) mass is 338 g/mol. The quantitative estimate of drug-likeness (QED) is 0.857. The van der Waals surface area contributed by atoms with Crippen LogP contribution in [-0.2, 0) is 0 Å². The van der Waals surface area contributed by atoms with Crippen LogP contribution in [0.5, 0.6) is 0 Å². The van der Waals surface area contributed by atoms with E-state index < -0.39 is 0 Å². The van der Waals surface area contributed by atoms with Crippen molar-refractivity contribution in [1.82, 2.24) is 10.2 Å². The van der Waals surface area contributed by atoms with Crippen LogP contribution in [0.2, 0.25) is 0 Å². The Balaban J connectivity index is 2.07. The van der Waals surface area contributed by atoms with Gasteiger partial charge in [0.15, 0.2) is 0 Å². The van der Waals surface area contributed by atoms with Crippen LogP contribution in [0.25, 0.3) is 0 Å². The predicted octanol–water partition coefficient (Wildman–Crippen LogP) is 4.36. The Hall–Kier alpha value is -0.380. The molecule has 0 bridgehead atoms. The van der Waals surface area contributed by atoms with Crippen LogP contribution in [0.4, 0.5) is 0 Å². The summed E-state index contributed by atoms with van der Waals surface area (Å²) in [5.74, 6) is 0. The van der Waals surface area contributed by atoms with E-state index in [1.807, 2.05) is 0 Å². The normalized spacial score (nSPS) is 21.4. The summed E-state index contributed by atoms with van der Waals surface area (Å²) in [4.78, 5) is 2.62. The van der Waals surface area contributed by atoms with E-state index in [2.05, 4.69) is 71.2 Å². The van der Waals surface area contributed by atoms with Crippen molar-refractivity contribution >= 4 is 15.9 Å². The lowest BCUT2D eigenvalue weighted by atomic mass is 10.0. The lowest BCUT2D eigenvalue weighted by Gasteiger charge is -2.37. The van der Waals surface area contributed by atoms with Crippen LogP contribution in [-0.4, -0.2) is 30.1 Å². The Bertz CT molecular complexity index is 413. The molecule has 1 fully saturated rings. The van der Waals surface area contributed by atoms with E-state index in [-0.39, 0.29) is 0 Å². The third-order valence-corrected chi connectivity index (χ3v) is 4.83. The summed E-state index contributed by atoms with van der Waals surface area (Å²) in [7, 11) is 0. The van der Waals surface area contributed by atoms with Crippen LogP contribution in [0.1, 0.15) is 51.6 Å². The Kier molecular flexibility index (Phi) is 6.06. The highest BCUT2D eigenvalue weighted by Gasteiger charge is 2.23. The molecular weight excluding hydrogens is 312 g/mol. The summed E-state index contributed by atoms with van der Waals surface area (Å²) in [6.45, 7) is 9.26. The highest BCUT2D eigenvalue weighted by Crippen LogP contribution is 2.26. The van der Waals surface area contributed by atoms with E-state index in [0.717, 1.165) is 6.54 Å². The molecule has 1 N–H and O–H groups in total. The SMILES string of the molecule is CC(C)N(CC1CCCCN1)C(C)c1cccc(Br)c1. The van der Waals surface area contributed by atoms with Gasteiger partial charge in [-0.15, -0.1) is 0 Å². The summed E-state index contributed by atoms with van der Waals surface area (Å²) in [5, 5.41) is 3.67. The number of nitrogens with zero attached hydrogens (tertiary/aromatic N) is 1. The minimum Gasteiger partial charge on any atom is -0.313 e. The molecule has 0 amide bonds. The van der Waals surface area contributed by atoms with Crippen molar-refractivity contribution in [2.24, 2.45) is 0 Å². The predicted molar refractivity (Wildman–Crippen MR) is 90.0 cm³/mol. The van der Waals surface area contributed by atoms with Crippen molar-refractivity contribution < 1.29 is 0 Å². The van der Waals surface area contributed by atoms with Crippen LogP contribution < -0.4 is 5.32 Å². The molecule has 2 rings (SSSR count). The topological polar surface area (TPSA) is 15.3 Å². The lowest BCUT2D eigenvalue weighted by molar-refractivity contribution is 0.138. The maximum Gasteiger partial charge on any atom is 0.0323 e. The van der Waals surface area contributed by atoms with E-state index >= 15 is 0 Å². The number of halogens is 1. The number of rotatable bonds is 5. The molecule has 0 saturated carbocycles. The molecule has 112 valence electrons. The molecule has 1 aliphatic heterocycles. The Morgan fingerprint density at radius 2 is 2.10 bits per heavy atom. The van der Waals surface area contributed by atoms with Crippen molar-refractivity contribution in [1.29, 1.82) is 0 Å². The molecule has 2 atom stereocenters. The highest BCUT2D eigenvalue weighted by molar-refractivity contribution is 9.10. The Morgan fingerprint density at radius 3 is 2.70 bits per heavy atom. The van der Waals surface area contributed by atoms with Gasteiger partial charge in [-0.2, -0.15) is 0 Å². The van der Waals surface area contributed by atoms with E-state index in [0.29, 0.717) is 18.1 Å². The molecular formula is C17H27BrN2. The summed E-state index contributed by atoms with van der Waals surface area (Å²) in [6.07, 6.45) is 4.02. The van der Waals surface area contributed by atoms with Gasteiger partial charge in [0.25, 0.3) is 0 Å². The molecule has 2 unspecified atom stereocenters. The molecule has 0 aromatic heterocycles. The average molecular weight is 339 g/mol. The lowest BCUT2D eigenvalue weighted by Crippen LogP contribution is -2.46. The van der Waals surface area contributed by atoms with Crippen molar-refractivity contribution in [2.75, 3.05) is 13.1 Å². The summed E-state index contributed by atoms with van der Waals surface area (Å²) in [6, 6.07) is 10.4. The van der Waals surface area contributed by atoms with E-state index in [4.69, 9.17) is 0 Å². The molecule has 0 radical (unpaired) electrons. The number of nitrogens with one attached hydrogen (secondary N) is 1. The number of piperidine rings is 1. The third-order valence-electron chi connectivity index (χ3n) is 4.34. The van der Waals surface area contributed by atoms with Gasteiger partial charge in [0.1, 0.15) is 0 Å². The fraction of sp³-hybridized carbons (Fsp3) is 0.647. The summed E-state index contributed by atoms with van der Waals surface area (Å²) in [5.41, 5.74) is 1.39. The van der Waals surface area contributed by atoms with Gasteiger partial charge in [0.05, 0.1) is 0 Å². The molecule has 1 saturated heterocycles. The molecule has 1 aromatic carbocycles. The molecule has 0 aliphatic carbocycles. The highest BCUT2D eigenvalue weighted by atomic mass is 79.9. The maximum absolute atomic E-state index is 3.67. The minimum absolute atomic E-state index is 0.455. The molecule has 0 spiro atoms. The molecule has 1 aromatic rings. The van der Waals surface area contributed by atoms with E-state index in [1.54, 1.807) is 0 Å². The first kappa shape index (κ1) is 16.0. The fourth-order valence-corrected chi connectivity index (χ4v) is 3.53. The second-order valence-electron chi connectivity index (χ2n) is 6.17. The average Bonchev–Trinajstić information content (AvgIpc) is 2.45. The van der Waals surface area contributed by atoms with Gasteiger partial charge in [-0.05, 0) is 57.9 Å². The maximum atomic E-state index is 3.67. The van der Waals surface area contributed by atoms with Crippen molar-refractivity contribution in [3.05, 3.63) is 34.3 Å². The van der Waals surface area contributed by atoms with Gasteiger partial charge in [0.2, 0.25) is 0 Å². The first-order valence-corrected chi connectivity index (χ1v) is 8.62. The molecule has 1 aliphatic rings. The molecule has 3 heteroatoms. The Morgan fingerprint density at radius 1 is 1.30 bits per heavy atom. The molecule has 2 nitrogen and oxygen atoms in total. The zero-order chi connectivity index (χ0) is 14.5. The second kappa shape index (κ2) is 7.58. The number of hydrogen-bond acceptors (Lipinski definition) is 2. The number of benzene rings is 1. The third kappa shape index (κ3) is 4.31. The van der Waals surface area contributed by atoms with E-state index in [1.165, 1.54) is 35.8 Å². The van der Waals surface area contributed by atoms with Gasteiger partial charge in [-0.25, -0.2) is 0 Å². The molecule has 20 heavy (non-hydrogen) atoms. The van der Waals surface area contributed by atoms with Crippen LogP contribution in [0.15, 0.2) is 28.7 Å². The summed E-state index contributed by atoms with van der Waals surface area (Å²) < 4.78 is 1.17. The first-order valence-electron chi connectivity index (χ1n) is 7.82. The summed E-state index contributed by atoms with van der Waals surface area (Å²) >= 11 is 3.58. The van der Waals surface area contributed by atoms with Gasteiger partial charge in [0, 0.05) is 29.1 Å². The van der Waals surface area contributed by atoms with Gasteiger partial charge in [-0.1, -0.05) is 34.5 Å². The van der Waals surface area contributed by atoms with Crippen LogP contribution >= 0.6 is 15.9 Å². The van der Waals surface area contributed by atoms with Gasteiger partial charge >= 0.3 is 0 Å². The second-order valence-corrected chi connectivity index (χ2v) is 7.08. The largest absolute Gasteiger partial charge is 0.313 e. The standard InChI is InChI=1S/C17H27BrN2/c1-13(2)20(12-17-9-4-5-10-19-17)14(3)15-7-6-8-16(18)11-15/h6-8,11,13-14,17,19H,4-5,9-10,12H2,1-3H3. The smallest absolute Gasteiger partial charge is 0.0323 e. The van der Waals surface area contributed by atoms with Crippen molar-refractivity contribution in [3.63, 3.8) is 0 Å². The van der Waals surface area contributed by atoms with E-state index in [9.17, 15) is 0 Å².